The Morgan fingerprint density at radius 3 is 2.06 bits per heavy atom. The maximum absolute atomic E-state index is 13.6. The first-order chi connectivity index (χ1) is 17.1. The number of ether oxygens (including phenoxy) is 2. The number of nitrogens with zero attached hydrogens (tertiary/aromatic N) is 1. The van der Waals surface area contributed by atoms with Crippen molar-refractivity contribution in [3.05, 3.63) is 94.7 Å². The van der Waals surface area contributed by atoms with Gasteiger partial charge in [0.2, 0.25) is 0 Å². The number of fused-ring (bicyclic) bond motifs is 1. The summed E-state index contributed by atoms with van der Waals surface area (Å²) in [6.07, 6.45) is 0.0978. The van der Waals surface area contributed by atoms with Crippen molar-refractivity contribution >= 4 is 33.5 Å². The largest absolute Gasteiger partial charge is 0.461 e. The maximum atomic E-state index is 13.6. The Labute approximate surface area is 207 Å². The molecule has 10 heteroatoms. The van der Waals surface area contributed by atoms with E-state index in [9.17, 15) is 27.6 Å². The zero-order valence-electron chi connectivity index (χ0n) is 19.5. The summed E-state index contributed by atoms with van der Waals surface area (Å²) in [5, 5.41) is -1.50. The Bertz CT molecular complexity index is 1350. The van der Waals surface area contributed by atoms with Gasteiger partial charge in [-0.15, -0.1) is 0 Å². The lowest BCUT2D eigenvalue weighted by molar-refractivity contribution is -0.149. The third kappa shape index (κ3) is 4.85. The van der Waals surface area contributed by atoms with E-state index in [1.54, 1.807) is 48.5 Å². The van der Waals surface area contributed by atoms with Crippen molar-refractivity contribution in [3.63, 3.8) is 0 Å². The Balaban J connectivity index is 1.78. The average molecular weight is 510 g/mol. The van der Waals surface area contributed by atoms with Gasteiger partial charge in [-0.1, -0.05) is 60.7 Å². The molecule has 4 rings (SSSR count). The van der Waals surface area contributed by atoms with Crippen LogP contribution in [0.1, 0.15) is 31.1 Å². The van der Waals surface area contributed by atoms with Gasteiger partial charge in [0.1, 0.15) is 12.3 Å². The van der Waals surface area contributed by atoms with E-state index < -0.39 is 57.3 Å². The molecule has 0 radical (unpaired) electrons. The van der Waals surface area contributed by atoms with E-state index in [1.165, 1.54) is 6.92 Å². The third-order valence-corrected chi connectivity index (χ3v) is 7.58. The summed E-state index contributed by atoms with van der Waals surface area (Å²) in [5.74, 6) is -3.59. The molecule has 1 saturated heterocycles. The number of allylic oxidation sites excluding steroid dienone is 1. The normalized spacial score (nSPS) is 19.5. The van der Waals surface area contributed by atoms with Gasteiger partial charge in [-0.25, -0.2) is 13.2 Å². The SMILES string of the molecule is CC(=O)/C=C1/C(=O)N2C(C(=O)OC(c3ccccc3)c3ccccc3)=C(COC(C)=O)CS(=O)(=O)C12. The number of hydrogen-bond acceptors (Lipinski definition) is 8. The van der Waals surface area contributed by atoms with Crippen molar-refractivity contribution in [1.82, 2.24) is 4.90 Å². The number of β-lactam (4-membered cyclic amide) rings is 1. The highest BCUT2D eigenvalue weighted by Crippen LogP contribution is 2.41. The van der Waals surface area contributed by atoms with E-state index in [-0.39, 0.29) is 16.8 Å². The number of ketones is 1. The Morgan fingerprint density at radius 1 is 1.00 bits per heavy atom. The van der Waals surface area contributed by atoms with E-state index in [4.69, 9.17) is 9.47 Å². The maximum Gasteiger partial charge on any atom is 0.356 e. The summed E-state index contributed by atoms with van der Waals surface area (Å²) in [4.78, 5) is 50.4. The van der Waals surface area contributed by atoms with Gasteiger partial charge in [-0.05, 0) is 24.1 Å². The number of amides is 1. The molecule has 2 heterocycles. The summed E-state index contributed by atoms with van der Waals surface area (Å²) in [5.41, 5.74) is 0.708. The molecule has 1 atom stereocenters. The van der Waals surface area contributed by atoms with Crippen molar-refractivity contribution < 1.29 is 37.1 Å². The molecule has 0 N–H and O–H groups in total. The third-order valence-electron chi connectivity index (χ3n) is 5.69. The minimum Gasteiger partial charge on any atom is -0.461 e. The number of hydrogen-bond donors (Lipinski definition) is 0. The van der Waals surface area contributed by atoms with Crippen molar-refractivity contribution in [1.29, 1.82) is 0 Å². The van der Waals surface area contributed by atoms with Crippen LogP contribution < -0.4 is 0 Å². The highest BCUT2D eigenvalue weighted by atomic mass is 32.2. The van der Waals surface area contributed by atoms with Crippen LogP contribution >= 0.6 is 0 Å². The minimum absolute atomic E-state index is 0.0819. The van der Waals surface area contributed by atoms with Crippen LogP contribution in [-0.4, -0.2) is 54.7 Å². The van der Waals surface area contributed by atoms with Crippen molar-refractivity contribution in [3.8, 4) is 0 Å². The van der Waals surface area contributed by atoms with Crippen molar-refractivity contribution in [2.45, 2.75) is 25.3 Å². The number of rotatable bonds is 7. The summed E-state index contributed by atoms with van der Waals surface area (Å²) >= 11 is 0. The molecule has 186 valence electrons. The average Bonchev–Trinajstić information content (AvgIpc) is 2.84. The second-order valence-electron chi connectivity index (χ2n) is 8.38. The molecule has 1 amide bonds. The molecule has 0 bridgehead atoms. The molecule has 9 nitrogen and oxygen atoms in total. The Morgan fingerprint density at radius 2 is 1.56 bits per heavy atom. The van der Waals surface area contributed by atoms with Crippen LogP contribution in [-0.2, 0) is 38.5 Å². The fourth-order valence-electron chi connectivity index (χ4n) is 4.20. The highest BCUT2D eigenvalue weighted by Gasteiger charge is 2.57. The van der Waals surface area contributed by atoms with E-state index in [1.807, 2.05) is 12.1 Å². The summed E-state index contributed by atoms with van der Waals surface area (Å²) in [6, 6.07) is 17.8. The van der Waals surface area contributed by atoms with Crippen LogP contribution in [0, 0.1) is 0 Å². The smallest absolute Gasteiger partial charge is 0.356 e. The number of carbonyl (C=O) groups excluding carboxylic acids is 4. The molecule has 0 aromatic heterocycles. The fraction of sp³-hybridized carbons (Fsp3) is 0.231. The molecule has 0 aliphatic carbocycles. The molecular weight excluding hydrogens is 486 g/mol. The topological polar surface area (TPSA) is 124 Å². The molecule has 1 unspecified atom stereocenters. The van der Waals surface area contributed by atoms with Crippen LogP contribution in [0.3, 0.4) is 0 Å². The number of benzene rings is 2. The van der Waals surface area contributed by atoms with Crippen LogP contribution in [0.4, 0.5) is 0 Å². The molecule has 36 heavy (non-hydrogen) atoms. The summed E-state index contributed by atoms with van der Waals surface area (Å²) in [7, 11) is -4.02. The fourth-order valence-corrected chi connectivity index (χ4v) is 6.14. The van der Waals surface area contributed by atoms with Gasteiger partial charge < -0.3 is 9.47 Å². The predicted molar refractivity (Wildman–Crippen MR) is 128 cm³/mol. The second kappa shape index (κ2) is 9.90. The van der Waals surface area contributed by atoms with Crippen LogP contribution in [0.25, 0.3) is 0 Å². The Hall–Kier alpha value is -4.05. The summed E-state index contributed by atoms with van der Waals surface area (Å²) < 4.78 is 36.9. The first kappa shape index (κ1) is 25.1. The van der Waals surface area contributed by atoms with Crippen LogP contribution in [0.15, 0.2) is 83.6 Å². The molecular formula is C26H23NO8S. The van der Waals surface area contributed by atoms with Gasteiger partial charge in [0.25, 0.3) is 5.91 Å². The van der Waals surface area contributed by atoms with E-state index in [0.717, 1.165) is 17.9 Å². The predicted octanol–water partition coefficient (Wildman–Crippen LogP) is 2.25. The lowest BCUT2D eigenvalue weighted by atomic mass is 10.00. The molecule has 0 saturated carbocycles. The molecule has 2 aromatic carbocycles. The summed E-state index contributed by atoms with van der Waals surface area (Å²) in [6.45, 7) is 1.82. The van der Waals surface area contributed by atoms with E-state index in [2.05, 4.69) is 0 Å². The van der Waals surface area contributed by atoms with Crippen molar-refractivity contribution in [2.75, 3.05) is 12.4 Å². The van der Waals surface area contributed by atoms with E-state index >= 15 is 0 Å². The minimum atomic E-state index is -4.02. The number of carbonyl (C=O) groups is 4. The monoisotopic (exact) mass is 509 g/mol. The van der Waals surface area contributed by atoms with Gasteiger partial charge in [0.15, 0.2) is 27.1 Å². The van der Waals surface area contributed by atoms with Crippen molar-refractivity contribution in [2.24, 2.45) is 0 Å². The molecule has 0 spiro atoms. The van der Waals surface area contributed by atoms with Gasteiger partial charge in [-0.3, -0.25) is 19.3 Å². The molecule has 2 aliphatic heterocycles. The number of sulfone groups is 1. The van der Waals surface area contributed by atoms with Gasteiger partial charge in [0.05, 0.1) is 11.3 Å². The zero-order chi connectivity index (χ0) is 26.0. The molecule has 2 aliphatic rings. The first-order valence-corrected chi connectivity index (χ1v) is 12.7. The standard InChI is InChI=1S/C26H23NO8S/c1-16(28)13-21-24(30)27-22(20(14-34-17(2)29)15-36(32,33)25(21)27)26(31)35-23(18-9-5-3-6-10-18)19-11-7-4-8-12-19/h3-13,23,25H,14-15H2,1-2H3/b21-13-. The van der Waals surface area contributed by atoms with Gasteiger partial charge >= 0.3 is 11.9 Å². The number of esters is 2. The van der Waals surface area contributed by atoms with Crippen LogP contribution in [0.2, 0.25) is 0 Å². The lowest BCUT2D eigenvalue weighted by Crippen LogP contribution is -2.62. The zero-order valence-corrected chi connectivity index (χ0v) is 20.4. The molecule has 2 aromatic rings. The van der Waals surface area contributed by atoms with Crippen LogP contribution in [0.5, 0.6) is 0 Å². The quantitative estimate of drug-likeness (QED) is 0.316. The Kier molecular flexibility index (Phi) is 6.89. The first-order valence-electron chi connectivity index (χ1n) is 11.0. The molecule has 1 fully saturated rings. The van der Waals surface area contributed by atoms with Gasteiger partial charge in [0, 0.05) is 12.5 Å². The highest BCUT2D eigenvalue weighted by molar-refractivity contribution is 7.92. The second-order valence-corrected chi connectivity index (χ2v) is 10.4. The van der Waals surface area contributed by atoms with E-state index in [0.29, 0.717) is 11.1 Å². The lowest BCUT2D eigenvalue weighted by Gasteiger charge is -2.45. The van der Waals surface area contributed by atoms with Gasteiger partial charge in [-0.2, -0.15) is 0 Å².